The quantitative estimate of drug-likeness (QED) is 0.829. The zero-order valence-corrected chi connectivity index (χ0v) is 10.2. The van der Waals surface area contributed by atoms with E-state index < -0.39 is 6.04 Å². The highest BCUT2D eigenvalue weighted by atomic mass is 16.5. The van der Waals surface area contributed by atoms with Crippen molar-refractivity contribution in [3.63, 3.8) is 0 Å². The highest BCUT2D eigenvalue weighted by Gasteiger charge is 2.20. The summed E-state index contributed by atoms with van der Waals surface area (Å²) in [5.41, 5.74) is 7.56. The van der Waals surface area contributed by atoms with Crippen molar-refractivity contribution in [1.82, 2.24) is 0 Å². The molecule has 1 atom stereocenters. The smallest absolute Gasteiger partial charge is 0.122 e. The van der Waals surface area contributed by atoms with Gasteiger partial charge >= 0.3 is 0 Å². The first-order valence-electron chi connectivity index (χ1n) is 5.23. The van der Waals surface area contributed by atoms with Gasteiger partial charge in [-0.3, -0.25) is 0 Å². The first-order chi connectivity index (χ1) is 7.40. The molecule has 1 rings (SSSR count). The van der Waals surface area contributed by atoms with Gasteiger partial charge < -0.3 is 10.5 Å². The minimum absolute atomic E-state index is 0.0312. The molecule has 1 unspecified atom stereocenters. The molecule has 0 saturated carbocycles. The molecule has 0 aliphatic rings. The first-order valence-corrected chi connectivity index (χ1v) is 5.23. The van der Waals surface area contributed by atoms with Gasteiger partial charge in [0.05, 0.1) is 13.2 Å². The average Bonchev–Trinajstić information content (AvgIpc) is 2.26. The van der Waals surface area contributed by atoms with Gasteiger partial charge in [0.2, 0.25) is 0 Å². The van der Waals surface area contributed by atoms with Gasteiger partial charge in [0.15, 0.2) is 0 Å². The molecule has 1 aromatic rings. The van der Waals surface area contributed by atoms with Gasteiger partial charge in [-0.2, -0.15) is 5.26 Å². The molecule has 0 heterocycles. The Labute approximate surface area is 96.8 Å². The normalized spacial score (nSPS) is 13.0. The Morgan fingerprint density at radius 1 is 1.38 bits per heavy atom. The SMILES string of the molecule is COc1ccc(C(N)C#N)cc1C(C)(C)C. The predicted molar refractivity (Wildman–Crippen MR) is 64.2 cm³/mol. The molecule has 0 aromatic heterocycles. The summed E-state index contributed by atoms with van der Waals surface area (Å²) in [6, 6.07) is 7.11. The maximum absolute atomic E-state index is 8.80. The van der Waals surface area contributed by atoms with Crippen LogP contribution >= 0.6 is 0 Å². The Kier molecular flexibility index (Phi) is 3.56. The maximum Gasteiger partial charge on any atom is 0.122 e. The molecule has 0 radical (unpaired) electrons. The van der Waals surface area contributed by atoms with E-state index >= 15 is 0 Å². The second-order valence-electron chi connectivity index (χ2n) is 4.82. The van der Waals surface area contributed by atoms with Crippen LogP contribution in [0, 0.1) is 11.3 Å². The van der Waals surface area contributed by atoms with Crippen LogP contribution in [0.4, 0.5) is 0 Å². The summed E-state index contributed by atoms with van der Waals surface area (Å²) in [6.45, 7) is 6.31. The van der Waals surface area contributed by atoms with Crippen LogP contribution in [0.1, 0.15) is 37.9 Å². The Hall–Kier alpha value is -1.53. The summed E-state index contributed by atoms with van der Waals surface area (Å²) < 4.78 is 5.32. The zero-order chi connectivity index (χ0) is 12.3. The van der Waals surface area contributed by atoms with Crippen LogP contribution in [0.25, 0.3) is 0 Å². The monoisotopic (exact) mass is 218 g/mol. The third-order valence-electron chi connectivity index (χ3n) is 2.53. The Morgan fingerprint density at radius 3 is 2.44 bits per heavy atom. The van der Waals surface area contributed by atoms with Crippen molar-refractivity contribution in [2.75, 3.05) is 7.11 Å². The summed E-state index contributed by atoms with van der Waals surface area (Å²) >= 11 is 0. The number of nitriles is 1. The lowest BCUT2D eigenvalue weighted by molar-refractivity contribution is 0.397. The van der Waals surface area contributed by atoms with Crippen LogP contribution < -0.4 is 10.5 Å². The third-order valence-corrected chi connectivity index (χ3v) is 2.53. The van der Waals surface area contributed by atoms with E-state index in [2.05, 4.69) is 20.8 Å². The third kappa shape index (κ3) is 2.53. The van der Waals surface area contributed by atoms with E-state index in [1.54, 1.807) is 7.11 Å². The van der Waals surface area contributed by atoms with Crippen molar-refractivity contribution < 1.29 is 4.74 Å². The molecule has 2 N–H and O–H groups in total. The van der Waals surface area contributed by atoms with Crippen molar-refractivity contribution >= 4 is 0 Å². The van der Waals surface area contributed by atoms with Crippen molar-refractivity contribution in [1.29, 1.82) is 5.26 Å². The fourth-order valence-corrected chi connectivity index (χ4v) is 1.58. The highest BCUT2D eigenvalue weighted by molar-refractivity contribution is 5.43. The molecule has 0 bridgehead atoms. The second-order valence-corrected chi connectivity index (χ2v) is 4.82. The van der Waals surface area contributed by atoms with Crippen LogP contribution in [0.2, 0.25) is 0 Å². The molecule has 3 heteroatoms. The van der Waals surface area contributed by atoms with E-state index in [-0.39, 0.29) is 5.41 Å². The molecule has 1 aromatic carbocycles. The van der Waals surface area contributed by atoms with Gasteiger partial charge in [0.1, 0.15) is 11.8 Å². The van der Waals surface area contributed by atoms with Gasteiger partial charge in [-0.1, -0.05) is 26.8 Å². The molecule has 0 spiro atoms. The highest BCUT2D eigenvalue weighted by Crippen LogP contribution is 2.32. The maximum atomic E-state index is 8.80. The lowest BCUT2D eigenvalue weighted by atomic mass is 9.84. The van der Waals surface area contributed by atoms with Crippen LogP contribution in [-0.2, 0) is 5.41 Å². The minimum atomic E-state index is -0.577. The van der Waals surface area contributed by atoms with Gasteiger partial charge in [-0.15, -0.1) is 0 Å². The summed E-state index contributed by atoms with van der Waals surface area (Å²) in [7, 11) is 1.65. The van der Waals surface area contributed by atoms with E-state index in [1.807, 2.05) is 24.3 Å². The van der Waals surface area contributed by atoms with Crippen LogP contribution in [0.15, 0.2) is 18.2 Å². The number of rotatable bonds is 2. The molecule has 86 valence electrons. The fourth-order valence-electron chi connectivity index (χ4n) is 1.58. The van der Waals surface area contributed by atoms with Gasteiger partial charge in [-0.25, -0.2) is 0 Å². The Balaban J connectivity index is 3.28. The van der Waals surface area contributed by atoms with Crippen molar-refractivity contribution in [2.24, 2.45) is 5.73 Å². The van der Waals surface area contributed by atoms with Crippen LogP contribution in [-0.4, -0.2) is 7.11 Å². The Morgan fingerprint density at radius 2 is 2.00 bits per heavy atom. The van der Waals surface area contributed by atoms with E-state index in [1.165, 1.54) is 0 Å². The fraction of sp³-hybridized carbons (Fsp3) is 0.462. The van der Waals surface area contributed by atoms with Gasteiger partial charge in [0.25, 0.3) is 0 Å². The molecular formula is C13H18N2O. The molecule has 16 heavy (non-hydrogen) atoms. The van der Waals surface area contributed by atoms with Crippen molar-refractivity contribution in [3.05, 3.63) is 29.3 Å². The van der Waals surface area contributed by atoms with Gasteiger partial charge in [0, 0.05) is 0 Å². The van der Waals surface area contributed by atoms with Crippen LogP contribution in [0.3, 0.4) is 0 Å². The van der Waals surface area contributed by atoms with E-state index in [0.29, 0.717) is 0 Å². The van der Waals surface area contributed by atoms with E-state index in [4.69, 9.17) is 15.7 Å². The number of hydrogen-bond acceptors (Lipinski definition) is 3. The molecule has 0 saturated heterocycles. The predicted octanol–water partition coefficient (Wildman–Crippen LogP) is 2.52. The molecular weight excluding hydrogens is 200 g/mol. The van der Waals surface area contributed by atoms with Gasteiger partial charge in [-0.05, 0) is 28.7 Å². The topological polar surface area (TPSA) is 59.0 Å². The molecule has 0 aliphatic carbocycles. The number of ether oxygens (including phenoxy) is 1. The molecule has 3 nitrogen and oxygen atoms in total. The second kappa shape index (κ2) is 4.54. The first kappa shape index (κ1) is 12.5. The molecule has 0 amide bonds. The lowest BCUT2D eigenvalue weighted by Gasteiger charge is -2.23. The molecule has 0 aliphatic heterocycles. The summed E-state index contributed by atoms with van der Waals surface area (Å²) in [4.78, 5) is 0. The lowest BCUT2D eigenvalue weighted by Crippen LogP contribution is -2.15. The largest absolute Gasteiger partial charge is 0.496 e. The van der Waals surface area contributed by atoms with Crippen molar-refractivity contribution in [2.45, 2.75) is 32.2 Å². The average molecular weight is 218 g/mol. The summed E-state index contributed by atoms with van der Waals surface area (Å²) in [5.74, 6) is 0.835. The number of nitrogens with two attached hydrogens (primary N) is 1. The van der Waals surface area contributed by atoms with Crippen LogP contribution in [0.5, 0.6) is 5.75 Å². The van der Waals surface area contributed by atoms with E-state index in [0.717, 1.165) is 16.9 Å². The van der Waals surface area contributed by atoms with Crippen molar-refractivity contribution in [3.8, 4) is 11.8 Å². The van der Waals surface area contributed by atoms with E-state index in [9.17, 15) is 0 Å². The number of nitrogens with zero attached hydrogens (tertiary/aromatic N) is 1. The number of methoxy groups -OCH3 is 1. The zero-order valence-electron chi connectivity index (χ0n) is 10.2. The number of hydrogen-bond donors (Lipinski definition) is 1. The molecule has 0 fully saturated rings. The Bertz CT molecular complexity index is 413. The standard InChI is InChI=1S/C13H18N2O/c1-13(2,3)10-7-9(11(15)8-14)5-6-12(10)16-4/h5-7,11H,15H2,1-4H3. The summed E-state index contributed by atoms with van der Waals surface area (Å²) in [5, 5.41) is 8.80. The summed E-state index contributed by atoms with van der Waals surface area (Å²) in [6.07, 6.45) is 0. The minimum Gasteiger partial charge on any atom is -0.496 e. The number of benzene rings is 1.